The zero-order chi connectivity index (χ0) is 43.1. The summed E-state index contributed by atoms with van der Waals surface area (Å²) in [5, 5.41) is 12.6. The van der Waals surface area contributed by atoms with Gasteiger partial charge in [0.25, 0.3) is 6.16 Å². The van der Waals surface area contributed by atoms with Crippen molar-refractivity contribution >= 4 is 6.16 Å². The van der Waals surface area contributed by atoms with Crippen molar-refractivity contribution < 1.29 is 20.0 Å². The molecule has 0 aromatic carbocycles. The van der Waals surface area contributed by atoms with Crippen LogP contribution in [0.3, 0.4) is 0 Å². The van der Waals surface area contributed by atoms with E-state index in [0.717, 1.165) is 12.8 Å². The molecule has 0 aliphatic heterocycles. The lowest BCUT2D eigenvalue weighted by molar-refractivity contribution is -0.655. The van der Waals surface area contributed by atoms with E-state index in [0.29, 0.717) is 6.61 Å². The van der Waals surface area contributed by atoms with E-state index in [-0.39, 0.29) is 0 Å². The zero-order valence-electron chi connectivity index (χ0n) is 41.4. The van der Waals surface area contributed by atoms with Crippen LogP contribution < -0.4 is 10.4 Å². The lowest BCUT2D eigenvalue weighted by Crippen LogP contribution is -2.84. The van der Waals surface area contributed by atoms with E-state index in [1.807, 2.05) is 0 Å². The van der Waals surface area contributed by atoms with Gasteiger partial charge in [0.15, 0.2) is 0 Å². The largest absolute Gasteiger partial charge is 0.550 e. The van der Waals surface area contributed by atoms with Crippen molar-refractivity contribution in [1.29, 1.82) is 0 Å². The van der Waals surface area contributed by atoms with Gasteiger partial charge in [-0.2, -0.15) is 0 Å². The van der Waals surface area contributed by atoms with Crippen LogP contribution in [0.1, 0.15) is 329 Å². The summed E-state index contributed by atoms with van der Waals surface area (Å²) in [5.74, 6) is 0. The number of carboxylic acid groups (broad SMARTS) is 1. The first-order valence-electron chi connectivity index (χ1n) is 27.8. The number of hydrogen-bond acceptors (Lipinski definition) is 3. The molecule has 0 aliphatic rings. The Hall–Kier alpha value is -0.770. The maximum Gasteiger partial charge on any atom is 0.251 e. The minimum atomic E-state index is -1.40. The molecule has 0 rings (SSSR count). The van der Waals surface area contributed by atoms with Crippen LogP contribution in [0.15, 0.2) is 0 Å². The highest BCUT2D eigenvalue weighted by atomic mass is 16.7. The second kappa shape index (κ2) is 59.3. The van der Waals surface area contributed by atoms with E-state index in [4.69, 9.17) is 0 Å². The quantitative estimate of drug-likeness (QED) is 0.0490. The Morgan fingerprint density at radius 3 is 0.644 bits per heavy atom. The van der Waals surface area contributed by atoms with E-state index in [2.05, 4.69) is 30.8 Å². The predicted molar refractivity (Wildman–Crippen MR) is 262 cm³/mol. The summed E-state index contributed by atoms with van der Waals surface area (Å²) in [6, 6.07) is 0. The van der Waals surface area contributed by atoms with E-state index < -0.39 is 6.16 Å². The number of carbonyl (C=O) groups excluding carboxylic acids is 1. The first kappa shape index (κ1) is 60.3. The number of unbranched alkanes of at least 4 members (excludes halogenated alkanes) is 45. The molecular weight excluding hydrogens is 723 g/mol. The van der Waals surface area contributed by atoms with E-state index in [1.54, 1.807) is 0 Å². The molecule has 0 saturated carbocycles. The summed E-state index contributed by atoms with van der Waals surface area (Å²) < 4.78 is 4.37. The van der Waals surface area contributed by atoms with Crippen molar-refractivity contribution in [3.05, 3.63) is 0 Å². The number of carbonyl (C=O) groups is 1. The van der Waals surface area contributed by atoms with Gasteiger partial charge in [0.05, 0.1) is 13.1 Å². The second-order valence-corrected chi connectivity index (χ2v) is 18.9. The van der Waals surface area contributed by atoms with Crippen LogP contribution in [0.5, 0.6) is 0 Å². The van der Waals surface area contributed by atoms with Crippen LogP contribution >= 0.6 is 0 Å². The molecule has 0 aromatic rings. The van der Waals surface area contributed by atoms with Crippen molar-refractivity contribution in [1.82, 2.24) is 0 Å². The topological polar surface area (TPSA) is 66.0 Å². The monoisotopic (exact) mass is 836 g/mol. The van der Waals surface area contributed by atoms with E-state index >= 15 is 0 Å². The first-order chi connectivity index (χ1) is 29.2. The third-order valence-electron chi connectivity index (χ3n) is 12.7. The summed E-state index contributed by atoms with van der Waals surface area (Å²) in [6.07, 6.45) is 66.7. The van der Waals surface area contributed by atoms with Crippen molar-refractivity contribution in [3.8, 4) is 0 Å². The Labute approximate surface area is 373 Å². The molecular formula is C55H113NO3. The Balaban J connectivity index is 0. The first-order valence-corrected chi connectivity index (χ1v) is 27.8. The number of nitrogens with two attached hydrogens (primary N) is 1. The van der Waals surface area contributed by atoms with Gasteiger partial charge in [0.2, 0.25) is 0 Å². The van der Waals surface area contributed by atoms with Crippen LogP contribution in [0.25, 0.3) is 0 Å². The molecule has 0 atom stereocenters. The molecule has 0 fully saturated rings. The van der Waals surface area contributed by atoms with Crippen molar-refractivity contribution in [3.63, 3.8) is 0 Å². The summed E-state index contributed by atoms with van der Waals surface area (Å²) in [4.78, 5) is 10.0. The predicted octanol–water partition coefficient (Wildman–Crippen LogP) is 17.7. The third-order valence-corrected chi connectivity index (χ3v) is 12.7. The molecule has 4 heteroatoms. The van der Waals surface area contributed by atoms with Gasteiger partial charge in [-0.1, -0.05) is 297 Å². The summed E-state index contributed by atoms with van der Waals surface area (Å²) >= 11 is 0. The molecule has 0 aliphatic carbocycles. The van der Waals surface area contributed by atoms with Crippen molar-refractivity contribution in [2.75, 3.05) is 19.7 Å². The number of ether oxygens (including phenoxy) is 1. The van der Waals surface area contributed by atoms with Crippen LogP contribution in [-0.4, -0.2) is 25.9 Å². The fraction of sp³-hybridized carbons (Fsp3) is 0.982. The average molecular weight is 837 g/mol. The average Bonchev–Trinajstić information content (AvgIpc) is 3.23. The summed E-state index contributed by atoms with van der Waals surface area (Å²) in [5.41, 5.74) is 0. The summed E-state index contributed by atoms with van der Waals surface area (Å²) in [7, 11) is 0. The standard InChI is InChI=1S/C36H75N.C19H38O3/c1-3-5-7-9-11-13-15-17-19-21-23-25-27-29-31-33-35-37-36-34-32-30-28-26-24-22-20-18-16-14-12-10-8-6-4-2;1-2-3-4-5-6-7-8-9-10-11-12-13-14-15-16-17-18-22-19(20)21/h37H,3-36H2,1-2H3;2-18H2,1H3,(H,20,21). The van der Waals surface area contributed by atoms with Gasteiger partial charge in [-0.25, -0.2) is 0 Å². The SMILES string of the molecule is CCCCCCCCCCCCCCCCCCOC(=O)[O-].CCCCCCCCCCCCCCCCCC[NH2+]CCCCCCCCCCCCCCCCCC. The lowest BCUT2D eigenvalue weighted by atomic mass is 10.0. The molecule has 0 unspecified atom stereocenters. The summed E-state index contributed by atoms with van der Waals surface area (Å²) in [6.45, 7) is 9.92. The molecule has 0 spiro atoms. The van der Waals surface area contributed by atoms with E-state index in [1.165, 1.54) is 308 Å². The van der Waals surface area contributed by atoms with Crippen molar-refractivity contribution in [2.24, 2.45) is 0 Å². The number of rotatable bonds is 51. The minimum absolute atomic E-state index is 0.292. The highest BCUT2D eigenvalue weighted by Gasteiger charge is 1.99. The Bertz CT molecular complexity index is 680. The molecule has 0 radical (unpaired) electrons. The maximum absolute atomic E-state index is 10.0. The van der Waals surface area contributed by atoms with Crippen LogP contribution in [0, 0.1) is 0 Å². The van der Waals surface area contributed by atoms with Gasteiger partial charge in [0.1, 0.15) is 0 Å². The highest BCUT2D eigenvalue weighted by molar-refractivity contribution is 5.53. The Morgan fingerprint density at radius 2 is 0.458 bits per heavy atom. The van der Waals surface area contributed by atoms with Gasteiger partial charge in [0, 0.05) is 6.61 Å². The van der Waals surface area contributed by atoms with Crippen LogP contribution in [0.2, 0.25) is 0 Å². The molecule has 0 amide bonds. The molecule has 356 valence electrons. The van der Waals surface area contributed by atoms with Gasteiger partial charge in [-0.3, -0.25) is 0 Å². The maximum atomic E-state index is 10.0. The highest BCUT2D eigenvalue weighted by Crippen LogP contribution is 2.16. The molecule has 0 bridgehead atoms. The molecule has 59 heavy (non-hydrogen) atoms. The van der Waals surface area contributed by atoms with Crippen LogP contribution in [0.4, 0.5) is 4.79 Å². The van der Waals surface area contributed by atoms with Gasteiger partial charge in [-0.05, 0) is 32.1 Å². The molecule has 0 aromatic heterocycles. The van der Waals surface area contributed by atoms with Gasteiger partial charge >= 0.3 is 0 Å². The zero-order valence-corrected chi connectivity index (χ0v) is 41.4. The lowest BCUT2D eigenvalue weighted by Gasteiger charge is -2.07. The fourth-order valence-corrected chi connectivity index (χ4v) is 8.62. The molecule has 4 nitrogen and oxygen atoms in total. The third kappa shape index (κ3) is 64.0. The Kier molecular flexibility index (Phi) is 60.6. The minimum Gasteiger partial charge on any atom is -0.550 e. The smallest absolute Gasteiger partial charge is 0.251 e. The van der Waals surface area contributed by atoms with Gasteiger partial charge < -0.3 is 20.0 Å². The van der Waals surface area contributed by atoms with Crippen molar-refractivity contribution in [2.45, 2.75) is 329 Å². The fourth-order valence-electron chi connectivity index (χ4n) is 8.62. The van der Waals surface area contributed by atoms with E-state index in [9.17, 15) is 9.90 Å². The number of quaternary nitrogens is 1. The molecule has 0 heterocycles. The Morgan fingerprint density at radius 1 is 0.288 bits per heavy atom. The van der Waals surface area contributed by atoms with Gasteiger partial charge in [-0.15, -0.1) is 0 Å². The van der Waals surface area contributed by atoms with Crippen LogP contribution in [-0.2, 0) is 4.74 Å². The molecule has 0 saturated heterocycles. The normalized spacial score (nSPS) is 11.2. The number of hydrogen-bond donors (Lipinski definition) is 1. The molecule has 2 N–H and O–H groups in total. The second-order valence-electron chi connectivity index (χ2n) is 18.9.